The van der Waals surface area contributed by atoms with Crippen molar-refractivity contribution in [3.05, 3.63) is 35.4 Å². The number of nitrogens with zero attached hydrogens (tertiary/aromatic N) is 1. The number of benzene rings is 1. The van der Waals surface area contributed by atoms with Gasteiger partial charge in [0.1, 0.15) is 5.75 Å². The maximum absolute atomic E-state index is 11.6. The number of thiocarbonyl (C=S) groups is 1. The zero-order valence-electron chi connectivity index (χ0n) is 8.38. The van der Waals surface area contributed by atoms with E-state index in [1.807, 2.05) is 6.07 Å². The highest BCUT2D eigenvalue weighted by molar-refractivity contribution is 7.93. The first-order valence-corrected chi connectivity index (χ1v) is 6.64. The summed E-state index contributed by atoms with van der Waals surface area (Å²) in [6, 6.07) is 8.49. The summed E-state index contributed by atoms with van der Waals surface area (Å²) in [4.78, 5) is -0.0607. The van der Waals surface area contributed by atoms with Crippen LogP contribution in [-0.2, 0) is 15.6 Å². The van der Waals surface area contributed by atoms with E-state index in [0.717, 1.165) is 0 Å². The maximum Gasteiger partial charge on any atom is 0.160 e. The normalized spacial score (nSPS) is 10.7. The second-order valence-corrected chi connectivity index (χ2v) is 5.86. The van der Waals surface area contributed by atoms with Crippen molar-refractivity contribution in [1.82, 2.24) is 0 Å². The molecule has 0 heterocycles. The van der Waals surface area contributed by atoms with Crippen LogP contribution in [0.15, 0.2) is 24.3 Å². The van der Waals surface area contributed by atoms with E-state index in [0.29, 0.717) is 11.1 Å². The summed E-state index contributed by atoms with van der Waals surface area (Å²) < 4.78 is 23.2. The average Bonchev–Trinajstić information content (AvgIpc) is 2.15. The van der Waals surface area contributed by atoms with Crippen LogP contribution in [0, 0.1) is 11.3 Å². The molecule has 0 aromatic heterocycles. The van der Waals surface area contributed by atoms with Gasteiger partial charge < -0.3 is 5.73 Å². The Labute approximate surface area is 99.6 Å². The van der Waals surface area contributed by atoms with Crippen LogP contribution in [0.2, 0.25) is 0 Å². The van der Waals surface area contributed by atoms with Crippen molar-refractivity contribution < 1.29 is 8.42 Å². The first kappa shape index (κ1) is 12.6. The van der Waals surface area contributed by atoms with Crippen LogP contribution >= 0.6 is 12.2 Å². The molecule has 0 aliphatic heterocycles. The molecule has 1 aromatic carbocycles. The Morgan fingerprint density at radius 3 is 2.62 bits per heavy atom. The van der Waals surface area contributed by atoms with E-state index in [1.165, 1.54) is 0 Å². The van der Waals surface area contributed by atoms with Gasteiger partial charge in [0, 0.05) is 0 Å². The summed E-state index contributed by atoms with van der Waals surface area (Å²) in [5.74, 6) is -0.545. The van der Waals surface area contributed by atoms with E-state index in [9.17, 15) is 8.42 Å². The lowest BCUT2D eigenvalue weighted by atomic mass is 10.1. The highest BCUT2D eigenvalue weighted by atomic mass is 32.2. The molecule has 6 heteroatoms. The van der Waals surface area contributed by atoms with Crippen molar-refractivity contribution in [1.29, 1.82) is 5.26 Å². The molecule has 0 unspecified atom stereocenters. The molecule has 2 N–H and O–H groups in total. The minimum absolute atomic E-state index is 0.0607. The number of rotatable bonds is 4. The van der Waals surface area contributed by atoms with Gasteiger partial charge in [0.05, 0.1) is 22.4 Å². The Bertz CT molecular complexity index is 544. The van der Waals surface area contributed by atoms with Gasteiger partial charge in [-0.05, 0) is 11.6 Å². The van der Waals surface area contributed by atoms with E-state index < -0.39 is 9.84 Å². The summed E-state index contributed by atoms with van der Waals surface area (Å²) in [6.45, 7) is 0. The Morgan fingerprint density at radius 2 is 2.06 bits per heavy atom. The van der Waals surface area contributed by atoms with E-state index in [4.69, 9.17) is 11.0 Å². The van der Waals surface area contributed by atoms with Crippen molar-refractivity contribution in [3.63, 3.8) is 0 Å². The molecule has 0 saturated heterocycles. The fourth-order valence-corrected chi connectivity index (χ4v) is 3.06. The Kier molecular flexibility index (Phi) is 3.99. The van der Waals surface area contributed by atoms with Crippen molar-refractivity contribution in [2.75, 3.05) is 5.75 Å². The monoisotopic (exact) mass is 254 g/mol. The van der Waals surface area contributed by atoms with E-state index in [1.54, 1.807) is 24.3 Å². The quantitative estimate of drug-likeness (QED) is 0.802. The number of nitriles is 1. The molecular weight excluding hydrogens is 244 g/mol. The smallest absolute Gasteiger partial charge is 0.160 e. The number of nitrogens with two attached hydrogens (primary N) is 1. The highest BCUT2D eigenvalue weighted by Crippen LogP contribution is 2.11. The first-order valence-electron chi connectivity index (χ1n) is 4.41. The van der Waals surface area contributed by atoms with E-state index >= 15 is 0 Å². The van der Waals surface area contributed by atoms with Crippen molar-refractivity contribution in [2.45, 2.75) is 5.75 Å². The molecule has 0 saturated carbocycles. The summed E-state index contributed by atoms with van der Waals surface area (Å²) in [6.07, 6.45) is 0. The van der Waals surface area contributed by atoms with Crippen molar-refractivity contribution in [3.8, 4) is 6.07 Å². The maximum atomic E-state index is 11.6. The lowest BCUT2D eigenvalue weighted by molar-refractivity contribution is 0.599. The Morgan fingerprint density at radius 1 is 1.44 bits per heavy atom. The van der Waals surface area contributed by atoms with Gasteiger partial charge in [-0.15, -0.1) is 0 Å². The first-order chi connectivity index (χ1) is 7.44. The van der Waals surface area contributed by atoms with Crippen LogP contribution in [0.4, 0.5) is 0 Å². The predicted octanol–water partition coefficient (Wildman–Crippen LogP) is 0.759. The van der Waals surface area contributed by atoms with Gasteiger partial charge in [-0.1, -0.05) is 30.4 Å². The van der Waals surface area contributed by atoms with E-state index in [2.05, 4.69) is 12.2 Å². The molecule has 0 fully saturated rings. The van der Waals surface area contributed by atoms with Crippen LogP contribution in [0.25, 0.3) is 0 Å². The largest absolute Gasteiger partial charge is 0.392 e. The van der Waals surface area contributed by atoms with Gasteiger partial charge in [0.2, 0.25) is 0 Å². The molecule has 84 valence electrons. The zero-order valence-corrected chi connectivity index (χ0v) is 10.0. The minimum Gasteiger partial charge on any atom is -0.392 e. The molecule has 0 bridgehead atoms. The highest BCUT2D eigenvalue weighted by Gasteiger charge is 2.15. The topological polar surface area (TPSA) is 84.0 Å². The molecule has 16 heavy (non-hydrogen) atoms. The van der Waals surface area contributed by atoms with Gasteiger partial charge in [0.15, 0.2) is 9.84 Å². The summed E-state index contributed by atoms with van der Waals surface area (Å²) in [5, 5.41) is 8.80. The SMILES string of the molecule is N#Cc1ccccc1CS(=O)(=O)CC(N)=S. The molecule has 0 aliphatic carbocycles. The lowest BCUT2D eigenvalue weighted by Gasteiger charge is -2.04. The molecule has 1 aromatic rings. The summed E-state index contributed by atoms with van der Waals surface area (Å²) in [5.41, 5.74) is 6.02. The van der Waals surface area contributed by atoms with Crippen LogP contribution in [0.3, 0.4) is 0 Å². The fraction of sp³-hybridized carbons (Fsp3) is 0.200. The lowest BCUT2D eigenvalue weighted by Crippen LogP contribution is -2.22. The summed E-state index contributed by atoms with van der Waals surface area (Å²) in [7, 11) is -3.38. The number of hydrogen-bond acceptors (Lipinski definition) is 4. The Hall–Kier alpha value is -1.45. The summed E-state index contributed by atoms with van der Waals surface area (Å²) >= 11 is 4.55. The third-order valence-corrected chi connectivity index (χ3v) is 3.70. The third kappa shape index (κ3) is 3.61. The molecule has 1 rings (SSSR count). The molecule has 4 nitrogen and oxygen atoms in total. The molecule has 0 atom stereocenters. The standard InChI is InChI=1S/C10H10N2O2S2/c11-5-8-3-1-2-4-9(8)6-16(13,14)7-10(12)15/h1-4H,6-7H2,(H2,12,15). The van der Waals surface area contributed by atoms with Crippen LogP contribution in [-0.4, -0.2) is 19.2 Å². The van der Waals surface area contributed by atoms with Gasteiger partial charge in [0.25, 0.3) is 0 Å². The van der Waals surface area contributed by atoms with Crippen LogP contribution in [0.5, 0.6) is 0 Å². The fourth-order valence-electron chi connectivity index (χ4n) is 1.26. The second kappa shape index (κ2) is 5.05. The molecule has 0 spiro atoms. The molecule has 0 aliphatic rings. The molecule has 0 amide bonds. The molecular formula is C10H10N2O2S2. The third-order valence-electron chi connectivity index (χ3n) is 1.88. The molecule has 0 radical (unpaired) electrons. The second-order valence-electron chi connectivity index (χ2n) is 3.27. The average molecular weight is 254 g/mol. The van der Waals surface area contributed by atoms with Crippen LogP contribution < -0.4 is 5.73 Å². The number of sulfone groups is 1. The van der Waals surface area contributed by atoms with Crippen LogP contribution in [0.1, 0.15) is 11.1 Å². The van der Waals surface area contributed by atoms with Gasteiger partial charge in [-0.25, -0.2) is 8.42 Å². The van der Waals surface area contributed by atoms with Gasteiger partial charge >= 0.3 is 0 Å². The zero-order chi connectivity index (χ0) is 12.2. The number of hydrogen-bond donors (Lipinski definition) is 1. The van der Waals surface area contributed by atoms with E-state index in [-0.39, 0.29) is 16.5 Å². The van der Waals surface area contributed by atoms with Crippen molar-refractivity contribution >= 4 is 27.0 Å². The predicted molar refractivity (Wildman–Crippen MR) is 65.4 cm³/mol. The van der Waals surface area contributed by atoms with Gasteiger partial charge in [-0.2, -0.15) is 5.26 Å². The Balaban J connectivity index is 2.98. The van der Waals surface area contributed by atoms with Crippen molar-refractivity contribution in [2.24, 2.45) is 5.73 Å². The van der Waals surface area contributed by atoms with Gasteiger partial charge in [-0.3, -0.25) is 0 Å². The minimum atomic E-state index is -3.38.